The summed E-state index contributed by atoms with van der Waals surface area (Å²) in [6.07, 6.45) is 3.04. The number of hydrogen-bond acceptors (Lipinski definition) is 6. The van der Waals surface area contributed by atoms with Gasteiger partial charge in [-0.25, -0.2) is 14.5 Å². The second-order valence-electron chi connectivity index (χ2n) is 3.69. The minimum atomic E-state index is -1.08. The van der Waals surface area contributed by atoms with E-state index in [1.807, 2.05) is 6.07 Å². The van der Waals surface area contributed by atoms with E-state index in [1.54, 1.807) is 19.4 Å². The van der Waals surface area contributed by atoms with Gasteiger partial charge in [-0.05, 0) is 6.07 Å². The molecule has 0 bridgehead atoms. The molecule has 2 N–H and O–H groups in total. The van der Waals surface area contributed by atoms with Crippen LogP contribution in [0.3, 0.4) is 0 Å². The van der Waals surface area contributed by atoms with E-state index in [0.717, 1.165) is 5.69 Å². The van der Waals surface area contributed by atoms with Crippen molar-refractivity contribution in [3.8, 4) is 5.88 Å². The Morgan fingerprint density at radius 3 is 2.95 bits per heavy atom. The molecule has 0 unspecified atom stereocenters. The molecule has 0 radical (unpaired) electrons. The lowest BCUT2D eigenvalue weighted by Gasteiger charge is -2.06. The number of hydrogen-bond donors (Lipinski definition) is 2. The smallest absolute Gasteiger partial charge is 0.358 e. The van der Waals surface area contributed by atoms with E-state index in [1.165, 1.54) is 10.9 Å². The van der Waals surface area contributed by atoms with Crippen LogP contribution in [0.15, 0.2) is 24.5 Å². The van der Waals surface area contributed by atoms with Gasteiger partial charge in [0.05, 0.1) is 31.7 Å². The molecule has 2 heterocycles. The van der Waals surface area contributed by atoms with Crippen molar-refractivity contribution in [2.45, 2.75) is 6.54 Å². The zero-order valence-electron chi connectivity index (χ0n) is 10.3. The van der Waals surface area contributed by atoms with Gasteiger partial charge in [0.1, 0.15) is 0 Å². The number of carboxylic acids is 1. The monoisotopic (exact) mass is 263 g/mol. The Morgan fingerprint density at radius 1 is 1.53 bits per heavy atom. The zero-order valence-corrected chi connectivity index (χ0v) is 10.3. The number of aromatic nitrogens is 4. The highest BCUT2D eigenvalue weighted by atomic mass is 16.5. The first kappa shape index (κ1) is 12.8. The Bertz CT molecular complexity index is 552. The number of rotatable bonds is 6. The summed E-state index contributed by atoms with van der Waals surface area (Å²) in [7, 11) is 1.56. The van der Waals surface area contributed by atoms with Crippen molar-refractivity contribution in [3.63, 3.8) is 0 Å². The third-order valence-electron chi connectivity index (χ3n) is 2.37. The number of nitrogens with zero attached hydrogens (tertiary/aromatic N) is 4. The number of anilines is 1. The van der Waals surface area contributed by atoms with Crippen LogP contribution in [0, 0.1) is 0 Å². The van der Waals surface area contributed by atoms with Crippen LogP contribution in [0.5, 0.6) is 5.88 Å². The normalized spacial score (nSPS) is 10.2. The predicted octanol–water partition coefficient (Wildman–Crippen LogP) is 0.492. The molecule has 0 aliphatic heterocycles. The van der Waals surface area contributed by atoms with E-state index in [4.69, 9.17) is 9.84 Å². The molecule has 2 aromatic heterocycles. The van der Waals surface area contributed by atoms with Crippen molar-refractivity contribution in [2.24, 2.45) is 0 Å². The fourth-order valence-corrected chi connectivity index (χ4v) is 1.43. The molecular weight excluding hydrogens is 250 g/mol. The molecule has 0 aliphatic carbocycles. The molecule has 2 rings (SSSR count). The standard InChI is InChI=1S/C11H13N5O3/c1-19-10-3-2-8(6-13-10)12-4-5-16-7-9(11(17)18)14-15-16/h2-3,6-7,12H,4-5H2,1H3,(H,17,18). The van der Waals surface area contributed by atoms with Crippen LogP contribution in [0.2, 0.25) is 0 Å². The molecule has 0 saturated carbocycles. The molecule has 100 valence electrons. The van der Waals surface area contributed by atoms with Gasteiger partial charge in [-0.1, -0.05) is 5.21 Å². The molecule has 0 atom stereocenters. The Kier molecular flexibility index (Phi) is 3.91. The first-order valence-electron chi connectivity index (χ1n) is 5.56. The number of carboxylic acid groups (broad SMARTS) is 1. The molecule has 0 spiro atoms. The number of methoxy groups -OCH3 is 1. The lowest BCUT2D eigenvalue weighted by Crippen LogP contribution is -2.11. The van der Waals surface area contributed by atoms with Gasteiger partial charge in [-0.3, -0.25) is 0 Å². The second-order valence-corrected chi connectivity index (χ2v) is 3.69. The van der Waals surface area contributed by atoms with Crippen molar-refractivity contribution in [2.75, 3.05) is 19.0 Å². The third-order valence-corrected chi connectivity index (χ3v) is 2.37. The average Bonchev–Trinajstić information content (AvgIpc) is 2.89. The second kappa shape index (κ2) is 5.80. The first-order chi connectivity index (χ1) is 9.19. The van der Waals surface area contributed by atoms with Gasteiger partial charge in [0.15, 0.2) is 5.69 Å². The highest BCUT2D eigenvalue weighted by Crippen LogP contribution is 2.10. The van der Waals surface area contributed by atoms with Crippen molar-refractivity contribution < 1.29 is 14.6 Å². The summed E-state index contributed by atoms with van der Waals surface area (Å²) in [6.45, 7) is 1.09. The van der Waals surface area contributed by atoms with E-state index in [9.17, 15) is 4.79 Å². The topological polar surface area (TPSA) is 102 Å². The first-order valence-corrected chi connectivity index (χ1v) is 5.56. The van der Waals surface area contributed by atoms with E-state index in [0.29, 0.717) is 19.0 Å². The highest BCUT2D eigenvalue weighted by molar-refractivity contribution is 5.84. The van der Waals surface area contributed by atoms with Crippen molar-refractivity contribution in [1.82, 2.24) is 20.0 Å². The minimum absolute atomic E-state index is 0.0638. The van der Waals surface area contributed by atoms with Crippen LogP contribution < -0.4 is 10.1 Å². The van der Waals surface area contributed by atoms with Crippen LogP contribution >= 0.6 is 0 Å². The predicted molar refractivity (Wildman–Crippen MR) is 66.3 cm³/mol. The van der Waals surface area contributed by atoms with E-state index in [2.05, 4.69) is 20.6 Å². The molecule has 0 fully saturated rings. The van der Waals surface area contributed by atoms with Gasteiger partial charge in [0, 0.05) is 12.6 Å². The number of pyridine rings is 1. The van der Waals surface area contributed by atoms with Crippen LogP contribution in [0.25, 0.3) is 0 Å². The number of aromatic carboxylic acids is 1. The molecule has 2 aromatic rings. The summed E-state index contributed by atoms with van der Waals surface area (Å²) in [5.74, 6) is -0.536. The molecule has 8 heteroatoms. The van der Waals surface area contributed by atoms with Crippen LogP contribution in [0.4, 0.5) is 5.69 Å². The maximum Gasteiger partial charge on any atom is 0.358 e. The summed E-state index contributed by atoms with van der Waals surface area (Å²) in [6, 6.07) is 3.59. The largest absolute Gasteiger partial charge is 0.481 e. The summed E-state index contributed by atoms with van der Waals surface area (Å²) < 4.78 is 6.42. The Balaban J connectivity index is 1.83. The lowest BCUT2D eigenvalue weighted by atomic mass is 10.4. The summed E-state index contributed by atoms with van der Waals surface area (Å²) >= 11 is 0. The Labute approximate surface area is 109 Å². The van der Waals surface area contributed by atoms with Gasteiger partial charge in [-0.2, -0.15) is 0 Å². The maximum atomic E-state index is 10.6. The fraction of sp³-hybridized carbons (Fsp3) is 0.273. The van der Waals surface area contributed by atoms with Crippen LogP contribution in [0.1, 0.15) is 10.5 Å². The highest BCUT2D eigenvalue weighted by Gasteiger charge is 2.07. The van der Waals surface area contributed by atoms with Gasteiger partial charge >= 0.3 is 5.97 Å². The summed E-state index contributed by atoms with van der Waals surface area (Å²) in [5.41, 5.74) is 0.783. The molecular formula is C11H13N5O3. The molecule has 0 aliphatic rings. The molecule has 0 amide bonds. The van der Waals surface area contributed by atoms with Gasteiger partial charge < -0.3 is 15.2 Å². The summed E-state index contributed by atoms with van der Waals surface area (Å²) in [5, 5.41) is 19.1. The Hall–Kier alpha value is -2.64. The van der Waals surface area contributed by atoms with Crippen LogP contribution in [-0.4, -0.2) is 44.7 Å². The van der Waals surface area contributed by atoms with Crippen LogP contribution in [-0.2, 0) is 6.54 Å². The van der Waals surface area contributed by atoms with Crippen molar-refractivity contribution in [3.05, 3.63) is 30.2 Å². The van der Waals surface area contributed by atoms with Gasteiger partial charge in [-0.15, -0.1) is 5.10 Å². The lowest BCUT2D eigenvalue weighted by molar-refractivity contribution is 0.0690. The number of carbonyl (C=O) groups is 1. The van der Waals surface area contributed by atoms with E-state index < -0.39 is 5.97 Å². The van der Waals surface area contributed by atoms with Crippen molar-refractivity contribution in [1.29, 1.82) is 0 Å². The van der Waals surface area contributed by atoms with E-state index >= 15 is 0 Å². The molecule has 0 saturated heterocycles. The quantitative estimate of drug-likeness (QED) is 0.781. The third kappa shape index (κ3) is 3.41. The minimum Gasteiger partial charge on any atom is -0.481 e. The van der Waals surface area contributed by atoms with Gasteiger partial charge in [0.25, 0.3) is 0 Å². The summed E-state index contributed by atoms with van der Waals surface area (Å²) in [4.78, 5) is 14.7. The van der Waals surface area contributed by atoms with Gasteiger partial charge in [0.2, 0.25) is 5.88 Å². The fourth-order valence-electron chi connectivity index (χ4n) is 1.43. The van der Waals surface area contributed by atoms with Crippen molar-refractivity contribution >= 4 is 11.7 Å². The number of nitrogens with one attached hydrogen (secondary N) is 1. The maximum absolute atomic E-state index is 10.6. The molecule has 19 heavy (non-hydrogen) atoms. The molecule has 0 aromatic carbocycles. The SMILES string of the molecule is COc1ccc(NCCn2cc(C(=O)O)nn2)cn1. The zero-order chi connectivity index (χ0) is 13.7. The molecule has 8 nitrogen and oxygen atoms in total. The van der Waals surface area contributed by atoms with E-state index in [-0.39, 0.29) is 5.69 Å². The average molecular weight is 263 g/mol. The Morgan fingerprint density at radius 2 is 2.37 bits per heavy atom. The number of ether oxygens (including phenoxy) is 1.